The lowest BCUT2D eigenvalue weighted by Gasteiger charge is -2.33. The number of para-hydroxylation sites is 3. The highest BCUT2D eigenvalue weighted by Gasteiger charge is 2.24. The van der Waals surface area contributed by atoms with Gasteiger partial charge in [-0.25, -0.2) is 9.97 Å². The Labute approximate surface area is 152 Å². The van der Waals surface area contributed by atoms with E-state index in [0.717, 1.165) is 42.9 Å². The van der Waals surface area contributed by atoms with Crippen LogP contribution in [0.1, 0.15) is 10.5 Å². The Hall–Kier alpha value is -2.99. The lowest BCUT2D eigenvalue weighted by atomic mass is 10.2. The Balaban J connectivity index is 1.73. The first kappa shape index (κ1) is 16.5. The molecular weight excluding hydrogens is 326 g/mol. The molecule has 0 spiro atoms. The number of nitrogens with zero attached hydrogens (tertiary/aromatic N) is 4. The number of rotatable bonds is 3. The van der Waals surface area contributed by atoms with Gasteiger partial charge in [0.05, 0.1) is 11.0 Å². The molecule has 2 heterocycles. The number of hydrogen-bond donors (Lipinski definition) is 1. The van der Waals surface area contributed by atoms with Gasteiger partial charge in [0.1, 0.15) is 0 Å². The van der Waals surface area contributed by atoms with Crippen LogP contribution in [0.2, 0.25) is 0 Å². The second-order valence-corrected chi connectivity index (χ2v) is 6.50. The van der Waals surface area contributed by atoms with Gasteiger partial charge in [-0.15, -0.1) is 0 Å². The standard InChI is InChI=1S/C20H21N5O/c1-24-11-13-25(14-12-24)19-18(20(26)21-15-7-3-2-4-8-15)22-16-9-5-6-10-17(16)23-19/h2-10H,11-14H2,1H3,(H,21,26). The topological polar surface area (TPSA) is 61.4 Å². The molecular formula is C20H21N5O. The SMILES string of the molecule is CN1CCN(c2nc3ccccc3nc2C(=O)Nc2ccccc2)CC1. The third-order valence-electron chi connectivity index (χ3n) is 4.60. The van der Waals surface area contributed by atoms with Crippen LogP contribution in [-0.4, -0.2) is 54.0 Å². The maximum Gasteiger partial charge on any atom is 0.278 e. The van der Waals surface area contributed by atoms with Crippen LogP contribution in [0, 0.1) is 0 Å². The fraction of sp³-hybridized carbons (Fsp3) is 0.250. The Morgan fingerprint density at radius 2 is 1.50 bits per heavy atom. The van der Waals surface area contributed by atoms with Crippen molar-refractivity contribution in [3.8, 4) is 0 Å². The van der Waals surface area contributed by atoms with Crippen LogP contribution < -0.4 is 10.2 Å². The maximum absolute atomic E-state index is 12.9. The van der Waals surface area contributed by atoms with Gasteiger partial charge in [0.25, 0.3) is 5.91 Å². The van der Waals surface area contributed by atoms with E-state index >= 15 is 0 Å². The summed E-state index contributed by atoms with van der Waals surface area (Å²) in [6, 6.07) is 17.1. The van der Waals surface area contributed by atoms with Gasteiger partial charge >= 0.3 is 0 Å². The lowest BCUT2D eigenvalue weighted by Crippen LogP contribution is -2.45. The average molecular weight is 347 g/mol. The third kappa shape index (κ3) is 3.36. The summed E-state index contributed by atoms with van der Waals surface area (Å²) in [6.45, 7) is 3.53. The molecule has 26 heavy (non-hydrogen) atoms. The number of nitrogens with one attached hydrogen (secondary N) is 1. The van der Waals surface area contributed by atoms with Gasteiger partial charge in [0, 0.05) is 31.9 Å². The summed E-state index contributed by atoms with van der Waals surface area (Å²) < 4.78 is 0. The molecule has 132 valence electrons. The predicted molar refractivity (Wildman–Crippen MR) is 104 cm³/mol. The van der Waals surface area contributed by atoms with Crippen molar-refractivity contribution in [2.45, 2.75) is 0 Å². The Morgan fingerprint density at radius 1 is 0.885 bits per heavy atom. The first-order valence-corrected chi connectivity index (χ1v) is 8.77. The monoisotopic (exact) mass is 347 g/mol. The summed E-state index contributed by atoms with van der Waals surface area (Å²) in [5.74, 6) is 0.425. The van der Waals surface area contributed by atoms with Gasteiger partial charge in [-0.1, -0.05) is 30.3 Å². The number of piperazine rings is 1. The molecule has 1 aliphatic rings. The van der Waals surface area contributed by atoms with Gasteiger partial charge in [-0.05, 0) is 31.3 Å². The van der Waals surface area contributed by atoms with E-state index in [1.807, 2.05) is 54.6 Å². The molecule has 1 N–H and O–H groups in total. The van der Waals surface area contributed by atoms with Gasteiger partial charge in [-0.3, -0.25) is 4.79 Å². The smallest absolute Gasteiger partial charge is 0.278 e. The van der Waals surface area contributed by atoms with Gasteiger partial charge < -0.3 is 15.1 Å². The van der Waals surface area contributed by atoms with E-state index in [9.17, 15) is 4.79 Å². The second-order valence-electron chi connectivity index (χ2n) is 6.50. The average Bonchev–Trinajstić information content (AvgIpc) is 2.68. The zero-order chi connectivity index (χ0) is 17.9. The summed E-state index contributed by atoms with van der Waals surface area (Å²) >= 11 is 0. The molecule has 1 aromatic heterocycles. The molecule has 0 bridgehead atoms. The number of amides is 1. The minimum absolute atomic E-state index is 0.233. The molecule has 4 rings (SSSR count). The highest BCUT2D eigenvalue weighted by atomic mass is 16.1. The van der Waals surface area contributed by atoms with Gasteiger partial charge in [-0.2, -0.15) is 0 Å². The van der Waals surface area contributed by atoms with Crippen molar-refractivity contribution >= 4 is 28.4 Å². The van der Waals surface area contributed by atoms with Crippen LogP contribution in [0.15, 0.2) is 54.6 Å². The van der Waals surface area contributed by atoms with Crippen molar-refractivity contribution in [3.63, 3.8) is 0 Å². The van der Waals surface area contributed by atoms with E-state index in [1.165, 1.54) is 0 Å². The molecule has 6 nitrogen and oxygen atoms in total. The van der Waals surface area contributed by atoms with Crippen LogP contribution in [0.3, 0.4) is 0 Å². The number of aromatic nitrogens is 2. The lowest BCUT2D eigenvalue weighted by molar-refractivity contribution is 0.102. The Morgan fingerprint density at radius 3 is 2.19 bits per heavy atom. The molecule has 1 amide bonds. The number of carbonyl (C=O) groups is 1. The van der Waals surface area contributed by atoms with Gasteiger partial charge in [0.2, 0.25) is 0 Å². The van der Waals surface area contributed by atoms with Crippen LogP contribution in [0.25, 0.3) is 11.0 Å². The van der Waals surface area contributed by atoms with Crippen LogP contribution in [0.5, 0.6) is 0 Å². The maximum atomic E-state index is 12.9. The fourth-order valence-corrected chi connectivity index (χ4v) is 3.09. The predicted octanol–water partition coefficient (Wildman–Crippen LogP) is 2.63. The first-order chi connectivity index (χ1) is 12.7. The molecule has 0 unspecified atom stereocenters. The van der Waals surface area contributed by atoms with E-state index in [2.05, 4.69) is 27.1 Å². The highest BCUT2D eigenvalue weighted by molar-refractivity contribution is 6.07. The number of carbonyl (C=O) groups excluding carboxylic acids is 1. The summed E-state index contributed by atoms with van der Waals surface area (Å²) in [7, 11) is 2.10. The van der Waals surface area contributed by atoms with E-state index in [4.69, 9.17) is 4.98 Å². The summed E-state index contributed by atoms with van der Waals surface area (Å²) in [4.78, 5) is 26.8. The highest BCUT2D eigenvalue weighted by Crippen LogP contribution is 2.23. The van der Waals surface area contributed by atoms with Crippen molar-refractivity contribution in [1.82, 2.24) is 14.9 Å². The fourth-order valence-electron chi connectivity index (χ4n) is 3.09. The number of likely N-dealkylation sites (N-methyl/N-ethyl adjacent to an activating group) is 1. The van der Waals surface area contributed by atoms with Gasteiger partial charge in [0.15, 0.2) is 11.5 Å². The first-order valence-electron chi connectivity index (χ1n) is 8.77. The molecule has 2 aromatic carbocycles. The van der Waals surface area contributed by atoms with Crippen LogP contribution >= 0.6 is 0 Å². The second kappa shape index (κ2) is 7.09. The molecule has 0 saturated carbocycles. The van der Waals surface area contributed by atoms with E-state index in [0.29, 0.717) is 11.5 Å². The summed E-state index contributed by atoms with van der Waals surface area (Å²) in [5, 5.41) is 2.93. The Bertz CT molecular complexity index is 920. The molecule has 3 aromatic rings. The third-order valence-corrected chi connectivity index (χ3v) is 4.60. The molecule has 1 aliphatic heterocycles. The van der Waals surface area contributed by atoms with Crippen LogP contribution in [-0.2, 0) is 0 Å². The molecule has 1 fully saturated rings. The summed E-state index contributed by atoms with van der Waals surface area (Å²) in [5.41, 5.74) is 2.65. The number of hydrogen-bond acceptors (Lipinski definition) is 5. The van der Waals surface area contributed by atoms with Crippen molar-refractivity contribution in [1.29, 1.82) is 0 Å². The largest absolute Gasteiger partial charge is 0.352 e. The normalized spacial score (nSPS) is 15.2. The van der Waals surface area contributed by atoms with Crippen molar-refractivity contribution < 1.29 is 4.79 Å². The van der Waals surface area contributed by atoms with E-state index in [-0.39, 0.29) is 5.91 Å². The number of anilines is 2. The molecule has 0 atom stereocenters. The molecule has 0 radical (unpaired) electrons. The molecule has 0 aliphatic carbocycles. The summed E-state index contributed by atoms with van der Waals surface area (Å²) in [6.07, 6.45) is 0. The zero-order valence-electron chi connectivity index (χ0n) is 14.7. The van der Waals surface area contributed by atoms with Crippen molar-refractivity contribution in [3.05, 3.63) is 60.3 Å². The van der Waals surface area contributed by atoms with Crippen molar-refractivity contribution in [2.75, 3.05) is 43.4 Å². The van der Waals surface area contributed by atoms with Crippen LogP contribution in [0.4, 0.5) is 11.5 Å². The molecule has 1 saturated heterocycles. The zero-order valence-corrected chi connectivity index (χ0v) is 14.7. The van der Waals surface area contributed by atoms with E-state index in [1.54, 1.807) is 0 Å². The minimum atomic E-state index is -0.233. The van der Waals surface area contributed by atoms with E-state index < -0.39 is 0 Å². The quantitative estimate of drug-likeness (QED) is 0.789. The molecule has 6 heteroatoms. The number of fused-ring (bicyclic) bond motifs is 1. The minimum Gasteiger partial charge on any atom is -0.352 e. The van der Waals surface area contributed by atoms with Crippen molar-refractivity contribution in [2.24, 2.45) is 0 Å². The Kier molecular flexibility index (Phi) is 4.50. The number of benzene rings is 2.